The summed E-state index contributed by atoms with van der Waals surface area (Å²) in [5.74, 6) is 2.37. The van der Waals surface area contributed by atoms with E-state index in [1.807, 2.05) is 0 Å². The molecule has 2 unspecified atom stereocenters. The predicted molar refractivity (Wildman–Crippen MR) is 68.2 cm³/mol. The molecule has 5 heteroatoms. The highest BCUT2D eigenvalue weighted by Crippen LogP contribution is 2.23. The molecule has 1 N–H and O–H groups in total. The molecule has 18 heavy (non-hydrogen) atoms. The fourth-order valence-electron chi connectivity index (χ4n) is 3.01. The molecule has 1 aromatic heterocycles. The van der Waals surface area contributed by atoms with Gasteiger partial charge in [-0.15, -0.1) is 0 Å². The van der Waals surface area contributed by atoms with E-state index in [9.17, 15) is 0 Å². The van der Waals surface area contributed by atoms with E-state index < -0.39 is 0 Å². The van der Waals surface area contributed by atoms with Crippen molar-refractivity contribution in [3.63, 3.8) is 0 Å². The van der Waals surface area contributed by atoms with Crippen LogP contribution in [-0.4, -0.2) is 41.7 Å². The smallest absolute Gasteiger partial charge is 0.243 e. The highest BCUT2D eigenvalue weighted by molar-refractivity contribution is 4.96. The van der Waals surface area contributed by atoms with Crippen LogP contribution < -0.4 is 5.32 Å². The van der Waals surface area contributed by atoms with Gasteiger partial charge in [0.25, 0.3) is 0 Å². The van der Waals surface area contributed by atoms with E-state index >= 15 is 0 Å². The third kappa shape index (κ3) is 2.72. The predicted octanol–water partition coefficient (Wildman–Crippen LogP) is 1.38. The van der Waals surface area contributed by atoms with Crippen LogP contribution in [0.25, 0.3) is 0 Å². The minimum atomic E-state index is 0.284. The maximum Gasteiger partial charge on any atom is 0.243 e. The quantitative estimate of drug-likeness (QED) is 0.878. The lowest BCUT2D eigenvalue weighted by Crippen LogP contribution is -2.27. The number of piperidine rings is 1. The number of hydrogen-bond acceptors (Lipinski definition) is 5. The Hall–Kier alpha value is -0.940. The second-order valence-electron chi connectivity index (χ2n) is 5.67. The molecule has 5 nitrogen and oxygen atoms in total. The van der Waals surface area contributed by atoms with Gasteiger partial charge in [-0.1, -0.05) is 11.6 Å². The molecule has 3 heterocycles. The van der Waals surface area contributed by atoms with Crippen molar-refractivity contribution in [2.75, 3.05) is 26.7 Å². The average molecular weight is 250 g/mol. The maximum atomic E-state index is 5.40. The molecule has 2 saturated heterocycles. The Morgan fingerprint density at radius 3 is 3.06 bits per heavy atom. The second kappa shape index (κ2) is 5.36. The fourth-order valence-corrected chi connectivity index (χ4v) is 3.01. The number of rotatable bonds is 3. The minimum absolute atomic E-state index is 0.284. The number of nitrogens with zero attached hydrogens (tertiary/aromatic N) is 3. The minimum Gasteiger partial charge on any atom is -0.338 e. The largest absolute Gasteiger partial charge is 0.338 e. The van der Waals surface area contributed by atoms with Crippen LogP contribution in [0.15, 0.2) is 4.52 Å². The van der Waals surface area contributed by atoms with E-state index in [2.05, 4.69) is 27.4 Å². The van der Waals surface area contributed by atoms with E-state index in [4.69, 9.17) is 4.52 Å². The lowest BCUT2D eigenvalue weighted by atomic mass is 10.0. The second-order valence-corrected chi connectivity index (χ2v) is 5.67. The van der Waals surface area contributed by atoms with Crippen LogP contribution in [0.4, 0.5) is 0 Å². The van der Waals surface area contributed by atoms with Gasteiger partial charge >= 0.3 is 0 Å². The summed E-state index contributed by atoms with van der Waals surface area (Å²) in [6.45, 7) is 3.42. The van der Waals surface area contributed by atoms with Crippen LogP contribution in [0.5, 0.6) is 0 Å². The topological polar surface area (TPSA) is 54.2 Å². The summed E-state index contributed by atoms with van der Waals surface area (Å²) in [6, 6.07) is 0.284. The van der Waals surface area contributed by atoms with Gasteiger partial charge in [-0.25, -0.2) is 0 Å². The van der Waals surface area contributed by atoms with Crippen molar-refractivity contribution in [3.05, 3.63) is 11.7 Å². The molecule has 0 saturated carbocycles. The van der Waals surface area contributed by atoms with Crippen molar-refractivity contribution in [3.8, 4) is 0 Å². The van der Waals surface area contributed by atoms with Crippen LogP contribution >= 0.6 is 0 Å². The van der Waals surface area contributed by atoms with Gasteiger partial charge < -0.3 is 14.7 Å². The summed E-state index contributed by atoms with van der Waals surface area (Å²) in [5.41, 5.74) is 0. The first-order valence-corrected chi connectivity index (χ1v) is 7.05. The lowest BCUT2D eigenvalue weighted by molar-refractivity contribution is 0.295. The van der Waals surface area contributed by atoms with Crippen LogP contribution in [0.2, 0.25) is 0 Å². The molecule has 0 amide bonds. The van der Waals surface area contributed by atoms with Crippen molar-refractivity contribution in [2.24, 2.45) is 5.92 Å². The SMILES string of the molecule is CN1CCC(Cc2noc(C3CCCCN3)n2)C1. The van der Waals surface area contributed by atoms with Crippen molar-refractivity contribution >= 4 is 0 Å². The summed E-state index contributed by atoms with van der Waals surface area (Å²) in [5, 5.41) is 7.58. The van der Waals surface area contributed by atoms with E-state index in [1.165, 1.54) is 25.8 Å². The third-order valence-electron chi connectivity index (χ3n) is 4.05. The zero-order valence-corrected chi connectivity index (χ0v) is 11.1. The molecule has 2 atom stereocenters. The van der Waals surface area contributed by atoms with Crippen molar-refractivity contribution < 1.29 is 4.52 Å². The Balaban J connectivity index is 1.59. The van der Waals surface area contributed by atoms with E-state index in [0.29, 0.717) is 5.92 Å². The summed E-state index contributed by atoms with van der Waals surface area (Å²) in [6.07, 6.45) is 5.84. The van der Waals surface area contributed by atoms with Gasteiger partial charge in [0.15, 0.2) is 5.82 Å². The first kappa shape index (κ1) is 12.1. The van der Waals surface area contributed by atoms with E-state index in [1.54, 1.807) is 0 Å². The Bertz CT molecular complexity index is 386. The molecule has 0 spiro atoms. The van der Waals surface area contributed by atoms with Gasteiger partial charge in [-0.2, -0.15) is 4.98 Å². The third-order valence-corrected chi connectivity index (χ3v) is 4.05. The van der Waals surface area contributed by atoms with Crippen molar-refractivity contribution in [2.45, 2.75) is 38.1 Å². The standard InChI is InChI=1S/C13H22N4O/c1-17-7-5-10(9-17)8-12-15-13(18-16-12)11-4-2-3-6-14-11/h10-11,14H,2-9H2,1H3. The summed E-state index contributed by atoms with van der Waals surface area (Å²) in [7, 11) is 2.17. The zero-order valence-electron chi connectivity index (χ0n) is 11.1. The lowest BCUT2D eigenvalue weighted by Gasteiger charge is -2.19. The molecular formula is C13H22N4O. The van der Waals surface area contributed by atoms with Crippen LogP contribution in [-0.2, 0) is 6.42 Å². The zero-order chi connectivity index (χ0) is 12.4. The highest BCUT2D eigenvalue weighted by atomic mass is 16.5. The van der Waals surface area contributed by atoms with Crippen LogP contribution in [0.3, 0.4) is 0 Å². The highest BCUT2D eigenvalue weighted by Gasteiger charge is 2.24. The molecule has 2 fully saturated rings. The molecule has 100 valence electrons. The van der Waals surface area contributed by atoms with Gasteiger partial charge in [-0.3, -0.25) is 0 Å². The van der Waals surface area contributed by atoms with Crippen LogP contribution in [0, 0.1) is 5.92 Å². The Kier molecular flexibility index (Phi) is 3.61. The first-order valence-electron chi connectivity index (χ1n) is 7.05. The molecule has 0 aliphatic carbocycles. The van der Waals surface area contributed by atoms with Gasteiger partial charge in [0.05, 0.1) is 6.04 Å². The number of hydrogen-bond donors (Lipinski definition) is 1. The van der Waals surface area contributed by atoms with Gasteiger partial charge in [0.1, 0.15) is 0 Å². The van der Waals surface area contributed by atoms with E-state index in [-0.39, 0.29) is 6.04 Å². The summed E-state index contributed by atoms with van der Waals surface area (Å²) >= 11 is 0. The molecule has 1 aromatic rings. The molecule has 3 rings (SSSR count). The maximum absolute atomic E-state index is 5.40. The van der Waals surface area contributed by atoms with Gasteiger partial charge in [0.2, 0.25) is 5.89 Å². The average Bonchev–Trinajstić information content (AvgIpc) is 3.01. The number of likely N-dealkylation sites (tertiary alicyclic amines) is 1. The van der Waals surface area contributed by atoms with Crippen molar-refractivity contribution in [1.29, 1.82) is 0 Å². The number of aromatic nitrogens is 2. The van der Waals surface area contributed by atoms with Crippen molar-refractivity contribution in [1.82, 2.24) is 20.4 Å². The molecular weight excluding hydrogens is 228 g/mol. The number of nitrogens with one attached hydrogen (secondary N) is 1. The Labute approximate surface area is 108 Å². The summed E-state index contributed by atoms with van der Waals surface area (Å²) < 4.78 is 5.40. The molecule has 0 radical (unpaired) electrons. The van der Waals surface area contributed by atoms with Crippen LogP contribution in [0.1, 0.15) is 43.4 Å². The first-order chi connectivity index (χ1) is 8.81. The molecule has 0 aromatic carbocycles. The Morgan fingerprint density at radius 2 is 2.33 bits per heavy atom. The van der Waals surface area contributed by atoms with Gasteiger partial charge in [-0.05, 0) is 45.3 Å². The normalized spacial score (nSPS) is 29.8. The monoisotopic (exact) mass is 250 g/mol. The molecule has 0 bridgehead atoms. The fraction of sp³-hybridized carbons (Fsp3) is 0.846. The summed E-state index contributed by atoms with van der Waals surface area (Å²) in [4.78, 5) is 6.93. The molecule has 2 aliphatic heterocycles. The Morgan fingerprint density at radius 1 is 1.39 bits per heavy atom. The molecule has 2 aliphatic rings. The van der Waals surface area contributed by atoms with E-state index in [0.717, 1.165) is 37.6 Å². The van der Waals surface area contributed by atoms with Gasteiger partial charge in [0, 0.05) is 13.0 Å².